The molecule has 0 aliphatic carbocycles. The molecule has 1 N–H and O–H groups in total. The lowest BCUT2D eigenvalue weighted by atomic mass is 10.0. The van der Waals surface area contributed by atoms with Crippen LogP contribution in [-0.4, -0.2) is 22.6 Å². The van der Waals surface area contributed by atoms with Crippen LogP contribution in [0.4, 0.5) is 0 Å². The number of hydrogen-bond acceptors (Lipinski definition) is 5. The Labute approximate surface area is 237 Å². The summed E-state index contributed by atoms with van der Waals surface area (Å²) in [5, 5.41) is 9.58. The van der Waals surface area contributed by atoms with Crippen molar-refractivity contribution in [2.24, 2.45) is 0 Å². The van der Waals surface area contributed by atoms with Crippen molar-refractivity contribution in [1.82, 2.24) is 0 Å². The van der Waals surface area contributed by atoms with Gasteiger partial charge in [-0.25, -0.2) is 4.79 Å². The van der Waals surface area contributed by atoms with E-state index < -0.39 is 5.97 Å². The first-order valence-corrected chi connectivity index (χ1v) is 13.0. The van der Waals surface area contributed by atoms with Crippen molar-refractivity contribution in [3.05, 3.63) is 166 Å². The number of carboxylic acids is 1. The molecule has 41 heavy (non-hydrogen) atoms. The molecule has 5 aromatic carbocycles. The van der Waals surface area contributed by atoms with Crippen LogP contribution in [-0.2, 0) is 13.2 Å². The van der Waals surface area contributed by atoms with E-state index in [0.717, 1.165) is 11.1 Å². The monoisotopic (exact) mass is 542 g/mol. The number of hydrogen-bond donors (Lipinski definition) is 1. The fourth-order valence-corrected chi connectivity index (χ4v) is 4.21. The SMILES string of the molecule is O=C(O)c1cc(OCc2ccc(C(=O)c3ccccc3)cc2)cc(OCc2ccc(C(=O)c3ccccc3)cc2)c1. The van der Waals surface area contributed by atoms with E-state index in [9.17, 15) is 19.5 Å². The summed E-state index contributed by atoms with van der Waals surface area (Å²) < 4.78 is 11.8. The van der Waals surface area contributed by atoms with Crippen LogP contribution in [0.15, 0.2) is 127 Å². The molecule has 0 heterocycles. The Bertz CT molecular complexity index is 1540. The average molecular weight is 543 g/mol. The maximum atomic E-state index is 12.6. The molecule has 0 bridgehead atoms. The minimum Gasteiger partial charge on any atom is -0.489 e. The van der Waals surface area contributed by atoms with Crippen LogP contribution in [0, 0.1) is 0 Å². The molecule has 202 valence electrons. The lowest BCUT2D eigenvalue weighted by molar-refractivity contribution is 0.0695. The summed E-state index contributed by atoms with van der Waals surface area (Å²) in [5.74, 6) is -0.549. The van der Waals surface area contributed by atoms with Crippen LogP contribution < -0.4 is 9.47 Å². The summed E-state index contributed by atoms with van der Waals surface area (Å²) in [4.78, 5) is 37.0. The number of carbonyl (C=O) groups excluding carboxylic acids is 2. The normalized spacial score (nSPS) is 10.5. The van der Waals surface area contributed by atoms with Crippen molar-refractivity contribution in [1.29, 1.82) is 0 Å². The first-order valence-electron chi connectivity index (χ1n) is 13.0. The molecule has 0 aliphatic heterocycles. The van der Waals surface area contributed by atoms with E-state index in [1.54, 1.807) is 78.9 Å². The number of ketones is 2. The van der Waals surface area contributed by atoms with Gasteiger partial charge in [0.25, 0.3) is 0 Å². The highest BCUT2D eigenvalue weighted by atomic mass is 16.5. The van der Waals surface area contributed by atoms with E-state index in [1.807, 2.05) is 36.4 Å². The largest absolute Gasteiger partial charge is 0.489 e. The Kier molecular flexibility index (Phi) is 8.31. The van der Waals surface area contributed by atoms with Gasteiger partial charge >= 0.3 is 5.97 Å². The van der Waals surface area contributed by atoms with Crippen LogP contribution in [0.3, 0.4) is 0 Å². The quantitative estimate of drug-likeness (QED) is 0.181. The van der Waals surface area contributed by atoms with E-state index in [4.69, 9.17) is 9.47 Å². The van der Waals surface area contributed by atoms with Crippen LogP contribution >= 0.6 is 0 Å². The van der Waals surface area contributed by atoms with Gasteiger partial charge in [0.05, 0.1) is 5.56 Å². The first kappa shape index (κ1) is 27.1. The van der Waals surface area contributed by atoms with Gasteiger partial charge in [0.15, 0.2) is 11.6 Å². The number of carbonyl (C=O) groups is 3. The Balaban J connectivity index is 1.22. The number of aromatic carboxylic acids is 1. The van der Waals surface area contributed by atoms with Gasteiger partial charge in [0.1, 0.15) is 24.7 Å². The van der Waals surface area contributed by atoms with Crippen LogP contribution in [0.25, 0.3) is 0 Å². The molecular weight excluding hydrogens is 516 g/mol. The molecule has 0 atom stereocenters. The van der Waals surface area contributed by atoms with E-state index in [-0.39, 0.29) is 30.3 Å². The highest BCUT2D eigenvalue weighted by molar-refractivity contribution is 6.09. The Morgan fingerprint density at radius 3 is 1.20 bits per heavy atom. The number of carboxylic acid groups (broad SMARTS) is 1. The molecule has 6 nitrogen and oxygen atoms in total. The van der Waals surface area contributed by atoms with Crippen molar-refractivity contribution in [3.8, 4) is 11.5 Å². The summed E-state index contributed by atoms with van der Waals surface area (Å²) in [5.41, 5.74) is 4.05. The molecule has 5 rings (SSSR count). The number of benzene rings is 5. The van der Waals surface area contributed by atoms with Crippen LogP contribution in [0.5, 0.6) is 11.5 Å². The summed E-state index contributed by atoms with van der Waals surface area (Å²) in [6.07, 6.45) is 0. The second-order valence-corrected chi connectivity index (χ2v) is 9.36. The van der Waals surface area contributed by atoms with Gasteiger partial charge in [-0.15, -0.1) is 0 Å². The molecule has 0 aromatic heterocycles. The third kappa shape index (κ3) is 6.94. The predicted octanol–water partition coefficient (Wildman–Crippen LogP) is 7.00. The maximum Gasteiger partial charge on any atom is 0.335 e. The van der Waals surface area contributed by atoms with E-state index in [1.165, 1.54) is 12.1 Å². The summed E-state index contributed by atoms with van der Waals surface area (Å²) in [7, 11) is 0. The zero-order valence-electron chi connectivity index (χ0n) is 22.0. The molecule has 5 aromatic rings. The fourth-order valence-electron chi connectivity index (χ4n) is 4.21. The molecule has 0 unspecified atom stereocenters. The highest BCUT2D eigenvalue weighted by Gasteiger charge is 2.12. The molecule has 0 aliphatic rings. The zero-order valence-corrected chi connectivity index (χ0v) is 22.0. The topological polar surface area (TPSA) is 89.9 Å². The Hall–Kier alpha value is -5.49. The van der Waals surface area contributed by atoms with Gasteiger partial charge < -0.3 is 14.6 Å². The van der Waals surface area contributed by atoms with E-state index in [2.05, 4.69) is 0 Å². The number of ether oxygens (including phenoxy) is 2. The molecule has 0 amide bonds. The molecular formula is C35H26O6. The van der Waals surface area contributed by atoms with Crippen LogP contribution in [0.2, 0.25) is 0 Å². The second kappa shape index (κ2) is 12.6. The maximum absolute atomic E-state index is 12.6. The number of rotatable bonds is 11. The summed E-state index contributed by atoms with van der Waals surface area (Å²) >= 11 is 0. The summed E-state index contributed by atoms with van der Waals surface area (Å²) in [6, 6.07) is 36.8. The van der Waals surface area contributed by atoms with Crippen molar-refractivity contribution in [2.45, 2.75) is 13.2 Å². The fraction of sp³-hybridized carbons (Fsp3) is 0.0571. The summed E-state index contributed by atoms with van der Waals surface area (Å²) in [6.45, 7) is 0.360. The minimum atomic E-state index is -1.10. The Morgan fingerprint density at radius 1 is 0.463 bits per heavy atom. The first-order chi connectivity index (χ1) is 20.0. The lowest BCUT2D eigenvalue weighted by Crippen LogP contribution is -2.04. The smallest absolute Gasteiger partial charge is 0.335 e. The molecule has 0 saturated carbocycles. The van der Waals surface area contributed by atoms with Crippen LogP contribution in [0.1, 0.15) is 53.3 Å². The Morgan fingerprint density at radius 2 is 0.829 bits per heavy atom. The molecule has 0 spiro atoms. The van der Waals surface area contributed by atoms with Crippen molar-refractivity contribution >= 4 is 17.5 Å². The van der Waals surface area contributed by atoms with Crippen molar-refractivity contribution in [2.75, 3.05) is 0 Å². The van der Waals surface area contributed by atoms with Crippen molar-refractivity contribution in [3.63, 3.8) is 0 Å². The third-order valence-electron chi connectivity index (χ3n) is 6.44. The lowest BCUT2D eigenvalue weighted by Gasteiger charge is -2.12. The van der Waals surface area contributed by atoms with Gasteiger partial charge in [0, 0.05) is 28.3 Å². The third-order valence-corrected chi connectivity index (χ3v) is 6.44. The van der Waals surface area contributed by atoms with E-state index >= 15 is 0 Å². The molecule has 0 fully saturated rings. The highest BCUT2D eigenvalue weighted by Crippen LogP contribution is 2.25. The second-order valence-electron chi connectivity index (χ2n) is 9.36. The van der Waals surface area contributed by atoms with Crippen molar-refractivity contribution < 1.29 is 29.0 Å². The van der Waals surface area contributed by atoms with Gasteiger partial charge in [-0.2, -0.15) is 0 Å². The average Bonchev–Trinajstić information content (AvgIpc) is 3.03. The van der Waals surface area contributed by atoms with Gasteiger partial charge in [-0.1, -0.05) is 109 Å². The molecule has 6 heteroatoms. The van der Waals surface area contributed by atoms with E-state index in [0.29, 0.717) is 33.8 Å². The van der Waals surface area contributed by atoms with Gasteiger partial charge in [-0.3, -0.25) is 9.59 Å². The van der Waals surface area contributed by atoms with Gasteiger partial charge in [-0.05, 0) is 23.3 Å². The molecule has 0 saturated heterocycles. The minimum absolute atomic E-state index is 0.0325. The van der Waals surface area contributed by atoms with Gasteiger partial charge in [0.2, 0.25) is 0 Å². The molecule has 0 radical (unpaired) electrons. The predicted molar refractivity (Wildman–Crippen MR) is 155 cm³/mol. The standard InChI is InChI=1S/C35H26O6/c36-33(26-7-3-1-4-8-26)28-15-11-24(12-16-28)22-40-31-19-30(35(38)39)20-32(21-31)41-23-25-13-17-29(18-14-25)34(37)27-9-5-2-6-10-27/h1-21H,22-23H2,(H,38,39). The zero-order chi connectivity index (χ0) is 28.6.